The minimum atomic E-state index is -0.106. The number of hydrogen-bond acceptors (Lipinski definition) is 4. The van der Waals surface area contributed by atoms with Gasteiger partial charge in [0, 0.05) is 17.3 Å². The van der Waals surface area contributed by atoms with E-state index < -0.39 is 0 Å². The predicted molar refractivity (Wildman–Crippen MR) is 88.1 cm³/mol. The molecule has 0 bridgehead atoms. The maximum atomic E-state index is 12.2. The number of nitrogens with two attached hydrogens (primary N) is 1. The summed E-state index contributed by atoms with van der Waals surface area (Å²) in [6, 6.07) is 14.0. The van der Waals surface area contributed by atoms with Crippen LogP contribution in [0.25, 0.3) is 22.3 Å². The maximum absolute atomic E-state index is 12.2. The molecule has 0 amide bonds. The molecule has 0 radical (unpaired) electrons. The number of anilines is 1. The topological polar surface area (TPSA) is 65.5 Å². The Morgan fingerprint density at radius 3 is 2.45 bits per heavy atom. The van der Waals surface area contributed by atoms with E-state index in [4.69, 9.17) is 14.9 Å². The highest BCUT2D eigenvalue weighted by Gasteiger charge is 2.08. The fourth-order valence-corrected chi connectivity index (χ4v) is 2.29. The molecule has 0 atom stereocenters. The first-order valence-corrected chi connectivity index (χ1v) is 7.13. The second kappa shape index (κ2) is 5.56. The van der Waals surface area contributed by atoms with E-state index in [1.807, 2.05) is 38.1 Å². The van der Waals surface area contributed by atoms with Gasteiger partial charge in [-0.2, -0.15) is 0 Å². The van der Waals surface area contributed by atoms with Gasteiger partial charge in [-0.15, -0.1) is 0 Å². The van der Waals surface area contributed by atoms with Crippen LogP contribution in [0.3, 0.4) is 0 Å². The number of benzene rings is 2. The standard InChI is InChI=1S/C18H17NO3/c1-11(2)21-14-6-3-12(4-7-14)18-10-16(20)15-9-13(19)5-8-17(15)22-18/h3-11H,19H2,1-2H3. The summed E-state index contributed by atoms with van der Waals surface area (Å²) in [6.07, 6.45) is 0.120. The van der Waals surface area contributed by atoms with E-state index in [1.54, 1.807) is 18.2 Å². The maximum Gasteiger partial charge on any atom is 0.193 e. The fraction of sp³-hybridized carbons (Fsp3) is 0.167. The van der Waals surface area contributed by atoms with E-state index in [1.165, 1.54) is 6.07 Å². The monoisotopic (exact) mass is 295 g/mol. The van der Waals surface area contributed by atoms with Crippen molar-refractivity contribution in [2.45, 2.75) is 20.0 Å². The van der Waals surface area contributed by atoms with Crippen molar-refractivity contribution in [3.05, 3.63) is 58.8 Å². The minimum Gasteiger partial charge on any atom is -0.491 e. The van der Waals surface area contributed by atoms with Gasteiger partial charge >= 0.3 is 0 Å². The highest BCUT2D eigenvalue weighted by molar-refractivity contribution is 5.81. The van der Waals surface area contributed by atoms with E-state index >= 15 is 0 Å². The van der Waals surface area contributed by atoms with Gasteiger partial charge in [0.05, 0.1) is 11.5 Å². The van der Waals surface area contributed by atoms with Crippen LogP contribution in [0.2, 0.25) is 0 Å². The molecular formula is C18H17NO3. The highest BCUT2D eigenvalue weighted by atomic mass is 16.5. The van der Waals surface area contributed by atoms with Gasteiger partial charge in [-0.3, -0.25) is 4.79 Å². The summed E-state index contributed by atoms with van der Waals surface area (Å²) >= 11 is 0. The zero-order chi connectivity index (χ0) is 15.7. The molecule has 2 aromatic carbocycles. The molecule has 1 aromatic heterocycles. The van der Waals surface area contributed by atoms with Crippen LogP contribution < -0.4 is 15.9 Å². The number of fused-ring (bicyclic) bond motifs is 1. The number of ether oxygens (including phenoxy) is 1. The lowest BCUT2D eigenvalue weighted by atomic mass is 10.1. The number of hydrogen-bond donors (Lipinski definition) is 1. The van der Waals surface area contributed by atoms with Gasteiger partial charge in [-0.1, -0.05) is 0 Å². The van der Waals surface area contributed by atoms with Crippen LogP contribution in [0.4, 0.5) is 5.69 Å². The van der Waals surface area contributed by atoms with Crippen LogP contribution in [0.15, 0.2) is 57.7 Å². The van der Waals surface area contributed by atoms with E-state index in [0.29, 0.717) is 22.4 Å². The number of rotatable bonds is 3. The lowest BCUT2D eigenvalue weighted by molar-refractivity contribution is 0.242. The predicted octanol–water partition coefficient (Wildman–Crippen LogP) is 3.83. The largest absolute Gasteiger partial charge is 0.491 e. The van der Waals surface area contributed by atoms with Crippen molar-refractivity contribution >= 4 is 16.7 Å². The lowest BCUT2D eigenvalue weighted by Gasteiger charge is -2.10. The van der Waals surface area contributed by atoms with Crippen LogP contribution in [0.1, 0.15) is 13.8 Å². The molecule has 22 heavy (non-hydrogen) atoms. The molecular weight excluding hydrogens is 278 g/mol. The van der Waals surface area contributed by atoms with Crippen LogP contribution in [-0.2, 0) is 0 Å². The molecule has 0 aliphatic rings. The molecule has 4 heteroatoms. The molecule has 0 saturated heterocycles. The second-order valence-corrected chi connectivity index (χ2v) is 5.42. The molecule has 0 spiro atoms. The summed E-state index contributed by atoms with van der Waals surface area (Å²) in [4.78, 5) is 12.2. The van der Waals surface area contributed by atoms with Gasteiger partial charge in [0.1, 0.15) is 17.1 Å². The third-order valence-electron chi connectivity index (χ3n) is 3.26. The Balaban J connectivity index is 2.03. The summed E-state index contributed by atoms with van der Waals surface area (Å²) < 4.78 is 11.4. The second-order valence-electron chi connectivity index (χ2n) is 5.42. The van der Waals surface area contributed by atoms with Gasteiger partial charge in [-0.05, 0) is 56.3 Å². The van der Waals surface area contributed by atoms with Crippen molar-refractivity contribution < 1.29 is 9.15 Å². The van der Waals surface area contributed by atoms with Gasteiger partial charge in [0.15, 0.2) is 5.43 Å². The first kappa shape index (κ1) is 14.2. The van der Waals surface area contributed by atoms with Crippen LogP contribution in [0.5, 0.6) is 5.75 Å². The Kier molecular flexibility index (Phi) is 3.59. The summed E-state index contributed by atoms with van der Waals surface area (Å²) in [6.45, 7) is 3.95. The molecule has 0 aliphatic carbocycles. The van der Waals surface area contributed by atoms with Gasteiger partial charge in [-0.25, -0.2) is 0 Å². The molecule has 4 nitrogen and oxygen atoms in total. The normalized spacial score (nSPS) is 11.0. The molecule has 0 fully saturated rings. The Labute approximate surface area is 128 Å². The zero-order valence-electron chi connectivity index (χ0n) is 12.5. The van der Waals surface area contributed by atoms with Crippen molar-refractivity contribution in [2.75, 3.05) is 5.73 Å². The molecule has 0 unspecified atom stereocenters. The average molecular weight is 295 g/mol. The SMILES string of the molecule is CC(C)Oc1ccc(-c2cc(=O)c3cc(N)ccc3o2)cc1. The van der Waals surface area contributed by atoms with E-state index in [0.717, 1.165) is 11.3 Å². The third-order valence-corrected chi connectivity index (χ3v) is 3.26. The molecule has 0 aliphatic heterocycles. The van der Waals surface area contributed by atoms with Crippen LogP contribution >= 0.6 is 0 Å². The Morgan fingerprint density at radius 1 is 1.05 bits per heavy atom. The van der Waals surface area contributed by atoms with Crippen LogP contribution in [0, 0.1) is 0 Å². The summed E-state index contributed by atoms with van der Waals surface area (Å²) in [7, 11) is 0. The number of nitrogen functional groups attached to an aromatic ring is 1. The van der Waals surface area contributed by atoms with Crippen molar-refractivity contribution in [3.8, 4) is 17.1 Å². The fourth-order valence-electron chi connectivity index (χ4n) is 2.29. The Morgan fingerprint density at radius 2 is 1.77 bits per heavy atom. The van der Waals surface area contributed by atoms with Crippen LogP contribution in [-0.4, -0.2) is 6.10 Å². The highest BCUT2D eigenvalue weighted by Crippen LogP contribution is 2.25. The van der Waals surface area contributed by atoms with Gasteiger partial charge in [0.2, 0.25) is 0 Å². The molecule has 3 rings (SSSR count). The summed E-state index contributed by atoms with van der Waals surface area (Å²) in [5.41, 5.74) is 7.50. The lowest BCUT2D eigenvalue weighted by Crippen LogP contribution is -2.05. The van der Waals surface area contributed by atoms with Crippen molar-refractivity contribution in [3.63, 3.8) is 0 Å². The quantitative estimate of drug-likeness (QED) is 0.746. The van der Waals surface area contributed by atoms with E-state index in [-0.39, 0.29) is 11.5 Å². The molecule has 0 saturated carbocycles. The zero-order valence-corrected chi connectivity index (χ0v) is 12.5. The first-order valence-electron chi connectivity index (χ1n) is 7.13. The molecule has 3 aromatic rings. The summed E-state index contributed by atoms with van der Waals surface area (Å²) in [5.74, 6) is 1.31. The Hall–Kier alpha value is -2.75. The summed E-state index contributed by atoms with van der Waals surface area (Å²) in [5, 5.41) is 0.489. The minimum absolute atomic E-state index is 0.106. The molecule has 2 N–H and O–H groups in total. The van der Waals surface area contributed by atoms with Crippen molar-refractivity contribution in [1.29, 1.82) is 0 Å². The van der Waals surface area contributed by atoms with Gasteiger partial charge < -0.3 is 14.9 Å². The molecule has 1 heterocycles. The van der Waals surface area contributed by atoms with Crippen molar-refractivity contribution in [2.24, 2.45) is 0 Å². The van der Waals surface area contributed by atoms with Gasteiger partial charge in [0.25, 0.3) is 0 Å². The third kappa shape index (κ3) is 2.81. The van der Waals surface area contributed by atoms with E-state index in [9.17, 15) is 4.79 Å². The first-order chi connectivity index (χ1) is 10.5. The smallest absolute Gasteiger partial charge is 0.193 e. The Bertz CT molecular complexity index is 864. The average Bonchev–Trinajstić information content (AvgIpc) is 2.48. The molecule has 112 valence electrons. The van der Waals surface area contributed by atoms with Crippen molar-refractivity contribution in [1.82, 2.24) is 0 Å². The van der Waals surface area contributed by atoms with E-state index in [2.05, 4.69) is 0 Å².